The highest BCUT2D eigenvalue weighted by Crippen LogP contribution is 2.10. The minimum Gasteiger partial charge on any atom is -0.379 e. The molecule has 1 atom stereocenters. The van der Waals surface area contributed by atoms with Crippen LogP contribution in [0.2, 0.25) is 0 Å². The molecule has 0 aliphatic carbocycles. The number of ether oxygens (including phenoxy) is 2. The lowest BCUT2D eigenvalue weighted by molar-refractivity contribution is -0.0167. The Bertz CT molecular complexity index is 236. The largest absolute Gasteiger partial charge is 0.379 e. The molecule has 0 saturated heterocycles. The zero-order chi connectivity index (χ0) is 18.4. The van der Waals surface area contributed by atoms with Gasteiger partial charge < -0.3 is 14.8 Å². The van der Waals surface area contributed by atoms with E-state index in [0.717, 1.165) is 26.4 Å². The summed E-state index contributed by atoms with van der Waals surface area (Å²) in [5.74, 6) is 0. The van der Waals surface area contributed by atoms with Gasteiger partial charge in [-0.3, -0.25) is 0 Å². The molecule has 0 aromatic heterocycles. The van der Waals surface area contributed by atoms with Crippen molar-refractivity contribution in [3.8, 4) is 0 Å². The SMILES string of the molecule is CCCCCCCCCCCCOCC(CNC)OCCCCCC. The molecule has 0 aromatic carbocycles. The summed E-state index contributed by atoms with van der Waals surface area (Å²) >= 11 is 0. The second-order valence-electron chi connectivity index (χ2n) is 7.37. The quantitative estimate of drug-likeness (QED) is 0.251. The second-order valence-corrected chi connectivity index (χ2v) is 7.37. The first kappa shape index (κ1) is 24.9. The molecule has 1 unspecified atom stereocenters. The molecule has 0 rings (SSSR count). The number of hydrogen-bond donors (Lipinski definition) is 1. The number of unbranched alkanes of at least 4 members (excludes halogenated alkanes) is 12. The highest BCUT2D eigenvalue weighted by Gasteiger charge is 2.08. The average molecular weight is 358 g/mol. The van der Waals surface area contributed by atoms with Crippen LogP contribution in [0.25, 0.3) is 0 Å². The van der Waals surface area contributed by atoms with E-state index in [1.165, 1.54) is 89.9 Å². The van der Waals surface area contributed by atoms with E-state index in [9.17, 15) is 0 Å². The van der Waals surface area contributed by atoms with Crippen molar-refractivity contribution in [2.24, 2.45) is 0 Å². The molecule has 0 bridgehead atoms. The lowest BCUT2D eigenvalue weighted by atomic mass is 10.1. The highest BCUT2D eigenvalue weighted by atomic mass is 16.5. The van der Waals surface area contributed by atoms with Gasteiger partial charge in [-0.2, -0.15) is 0 Å². The van der Waals surface area contributed by atoms with Gasteiger partial charge in [-0.25, -0.2) is 0 Å². The van der Waals surface area contributed by atoms with Crippen molar-refractivity contribution >= 4 is 0 Å². The summed E-state index contributed by atoms with van der Waals surface area (Å²) in [5.41, 5.74) is 0. The van der Waals surface area contributed by atoms with Gasteiger partial charge in [0, 0.05) is 19.8 Å². The smallest absolute Gasteiger partial charge is 0.0932 e. The Morgan fingerprint density at radius 3 is 1.68 bits per heavy atom. The first-order chi connectivity index (χ1) is 12.3. The zero-order valence-electron chi connectivity index (χ0n) is 17.6. The Kier molecular flexibility index (Phi) is 21.8. The molecule has 1 N–H and O–H groups in total. The Morgan fingerprint density at radius 1 is 0.640 bits per heavy atom. The van der Waals surface area contributed by atoms with Gasteiger partial charge in [0.05, 0.1) is 12.7 Å². The van der Waals surface area contributed by atoms with Crippen LogP contribution in [0, 0.1) is 0 Å². The fourth-order valence-electron chi connectivity index (χ4n) is 3.08. The molecular weight excluding hydrogens is 310 g/mol. The Labute approximate surface area is 158 Å². The Balaban J connectivity index is 3.35. The molecule has 0 spiro atoms. The van der Waals surface area contributed by atoms with Gasteiger partial charge in [-0.15, -0.1) is 0 Å². The van der Waals surface area contributed by atoms with Crippen molar-refractivity contribution in [3.63, 3.8) is 0 Å². The van der Waals surface area contributed by atoms with Crippen molar-refractivity contribution in [1.29, 1.82) is 0 Å². The van der Waals surface area contributed by atoms with E-state index in [2.05, 4.69) is 19.2 Å². The molecule has 3 heteroatoms. The molecule has 0 fully saturated rings. The topological polar surface area (TPSA) is 30.5 Å². The lowest BCUT2D eigenvalue weighted by Crippen LogP contribution is -2.31. The van der Waals surface area contributed by atoms with Crippen LogP contribution in [0.3, 0.4) is 0 Å². The van der Waals surface area contributed by atoms with Gasteiger partial charge in [0.2, 0.25) is 0 Å². The maximum absolute atomic E-state index is 5.94. The molecular formula is C22H47NO2. The number of nitrogens with one attached hydrogen (secondary N) is 1. The molecule has 0 saturated carbocycles. The van der Waals surface area contributed by atoms with Crippen molar-refractivity contribution in [3.05, 3.63) is 0 Å². The first-order valence-corrected chi connectivity index (χ1v) is 11.2. The molecule has 0 aromatic rings. The van der Waals surface area contributed by atoms with Gasteiger partial charge in [0.15, 0.2) is 0 Å². The molecule has 0 aliphatic rings. The van der Waals surface area contributed by atoms with E-state index in [4.69, 9.17) is 9.47 Å². The van der Waals surface area contributed by atoms with Gasteiger partial charge in [-0.1, -0.05) is 90.9 Å². The monoisotopic (exact) mass is 357 g/mol. The lowest BCUT2D eigenvalue weighted by Gasteiger charge is -2.17. The van der Waals surface area contributed by atoms with Crippen LogP contribution in [-0.4, -0.2) is 39.5 Å². The van der Waals surface area contributed by atoms with Gasteiger partial charge in [0.25, 0.3) is 0 Å². The van der Waals surface area contributed by atoms with Gasteiger partial charge in [0.1, 0.15) is 0 Å². The average Bonchev–Trinajstić information content (AvgIpc) is 2.62. The summed E-state index contributed by atoms with van der Waals surface area (Å²) in [6.45, 7) is 7.89. The molecule has 0 amide bonds. The number of rotatable bonds is 21. The second kappa shape index (κ2) is 21.9. The van der Waals surface area contributed by atoms with Gasteiger partial charge in [-0.05, 0) is 19.9 Å². The normalized spacial score (nSPS) is 12.6. The first-order valence-electron chi connectivity index (χ1n) is 11.2. The molecule has 0 heterocycles. The summed E-state index contributed by atoms with van der Waals surface area (Å²) in [7, 11) is 1.98. The minimum atomic E-state index is 0.203. The van der Waals surface area contributed by atoms with Crippen LogP contribution in [0.1, 0.15) is 104 Å². The Morgan fingerprint density at radius 2 is 1.12 bits per heavy atom. The predicted octanol–water partition coefficient (Wildman–Crippen LogP) is 6.11. The summed E-state index contributed by atoms with van der Waals surface area (Å²) in [4.78, 5) is 0. The Hall–Kier alpha value is -0.120. The third kappa shape index (κ3) is 20.0. The number of likely N-dealkylation sites (N-methyl/N-ethyl adjacent to an activating group) is 1. The van der Waals surface area contributed by atoms with Gasteiger partial charge >= 0.3 is 0 Å². The third-order valence-corrected chi connectivity index (χ3v) is 4.73. The molecule has 0 aliphatic heterocycles. The molecule has 3 nitrogen and oxygen atoms in total. The van der Waals surface area contributed by atoms with Crippen molar-refractivity contribution in [2.75, 3.05) is 33.4 Å². The standard InChI is InChI=1S/C22H47NO2/c1-4-6-8-10-11-12-13-14-15-16-18-24-21-22(20-23-3)25-19-17-9-7-5-2/h22-23H,4-21H2,1-3H3. The maximum Gasteiger partial charge on any atom is 0.0932 e. The third-order valence-electron chi connectivity index (χ3n) is 4.73. The van der Waals surface area contributed by atoms with E-state index >= 15 is 0 Å². The summed E-state index contributed by atoms with van der Waals surface area (Å²) in [5, 5.41) is 3.21. The van der Waals surface area contributed by atoms with E-state index in [-0.39, 0.29) is 6.10 Å². The summed E-state index contributed by atoms with van der Waals surface area (Å²) in [6.07, 6.45) is 19.0. The molecule has 152 valence electrons. The summed E-state index contributed by atoms with van der Waals surface area (Å²) in [6, 6.07) is 0. The van der Waals surface area contributed by atoms with Crippen molar-refractivity contribution < 1.29 is 9.47 Å². The fraction of sp³-hybridized carbons (Fsp3) is 1.00. The van der Waals surface area contributed by atoms with Crippen molar-refractivity contribution in [1.82, 2.24) is 5.32 Å². The zero-order valence-corrected chi connectivity index (χ0v) is 17.6. The van der Waals surface area contributed by atoms with Crippen LogP contribution in [0.4, 0.5) is 0 Å². The fourth-order valence-corrected chi connectivity index (χ4v) is 3.08. The van der Waals surface area contributed by atoms with E-state index < -0.39 is 0 Å². The van der Waals surface area contributed by atoms with Crippen LogP contribution in [0.15, 0.2) is 0 Å². The van der Waals surface area contributed by atoms with E-state index in [1.54, 1.807) is 0 Å². The van der Waals surface area contributed by atoms with E-state index in [1.807, 2.05) is 7.05 Å². The highest BCUT2D eigenvalue weighted by molar-refractivity contribution is 4.59. The van der Waals surface area contributed by atoms with Crippen LogP contribution >= 0.6 is 0 Å². The number of hydrogen-bond acceptors (Lipinski definition) is 3. The van der Waals surface area contributed by atoms with Crippen LogP contribution < -0.4 is 5.32 Å². The molecule has 25 heavy (non-hydrogen) atoms. The van der Waals surface area contributed by atoms with Crippen LogP contribution in [-0.2, 0) is 9.47 Å². The predicted molar refractivity (Wildman–Crippen MR) is 110 cm³/mol. The summed E-state index contributed by atoms with van der Waals surface area (Å²) < 4.78 is 11.8. The maximum atomic E-state index is 5.94. The minimum absolute atomic E-state index is 0.203. The molecule has 0 radical (unpaired) electrons. The van der Waals surface area contributed by atoms with Crippen molar-refractivity contribution in [2.45, 2.75) is 110 Å². The van der Waals surface area contributed by atoms with Crippen LogP contribution in [0.5, 0.6) is 0 Å². The van der Waals surface area contributed by atoms with E-state index in [0.29, 0.717) is 0 Å².